The van der Waals surface area contributed by atoms with Crippen LogP contribution in [0.3, 0.4) is 0 Å². The molecule has 0 aliphatic carbocycles. The Morgan fingerprint density at radius 2 is 1.75 bits per heavy atom. The second-order valence-electron chi connectivity index (χ2n) is 12.2. The van der Waals surface area contributed by atoms with Crippen LogP contribution >= 0.6 is 0 Å². The third kappa shape index (κ3) is 8.27. The molecule has 3 aliphatic rings. The van der Waals surface area contributed by atoms with Crippen molar-refractivity contribution in [2.24, 2.45) is 0 Å². The predicted octanol–water partition coefficient (Wildman–Crippen LogP) is -2.92. The maximum atomic E-state index is 12.4. The fourth-order valence-corrected chi connectivity index (χ4v) is 6.05. The van der Waals surface area contributed by atoms with Gasteiger partial charge in [-0.1, -0.05) is 6.07 Å². The highest BCUT2D eigenvalue weighted by Gasteiger charge is 2.46. The second-order valence-corrected chi connectivity index (χ2v) is 12.2. The van der Waals surface area contributed by atoms with E-state index in [9.17, 15) is 60.0 Å². The lowest BCUT2D eigenvalue weighted by atomic mass is 9.99. The summed E-state index contributed by atoms with van der Waals surface area (Å²) in [5.74, 6) is -5.66. The molecular weight excluding hydrogens is 692 g/mol. The number of methoxy groups -OCH3 is 1. The first kappa shape index (κ1) is 37.6. The smallest absolute Gasteiger partial charge is 0.363 e. The molecule has 0 bridgehead atoms. The van der Waals surface area contributed by atoms with Gasteiger partial charge >= 0.3 is 17.9 Å². The summed E-state index contributed by atoms with van der Waals surface area (Å²) in [5, 5.41) is 85.4. The summed E-state index contributed by atoms with van der Waals surface area (Å²) in [6, 6.07) is 4.52. The Kier molecular flexibility index (Phi) is 11.4. The van der Waals surface area contributed by atoms with Gasteiger partial charge in [0.25, 0.3) is 0 Å². The van der Waals surface area contributed by atoms with Crippen molar-refractivity contribution in [3.63, 3.8) is 0 Å². The van der Waals surface area contributed by atoms with Gasteiger partial charge in [-0.25, -0.2) is 14.4 Å². The molecule has 2 aromatic carbocycles. The number of nitrogens with one attached hydrogen (secondary N) is 2. The van der Waals surface area contributed by atoms with Crippen LogP contribution < -0.4 is 24.8 Å². The SMILES string of the molecule is COc1cc(C=CC(=O)OC[C@H]2O[C@H](Oc3cc4c(cc3O)C[C@@H](C(=O)O)[NH+]4CC=C3C=C(C(=O)O)N[C@@H](C(=O)[O-])C3)[C@H](O)[C@@H](O)[C@@H]2O)ccc1O. The number of fused-ring (bicyclic) bond motifs is 1. The molecule has 3 heterocycles. The Hall–Kier alpha value is -5.66. The standard InChI is InChI=1S/C34H36N2O16/c1-49-24-10-15(2-4-22(24)37)3-5-27(39)50-14-26-28(40)29(41)30(42)34(52-26)51-25-13-20-17(12-23(25)38)11-21(33(47)48)36(20)7-6-16-8-18(31(43)44)35-19(9-16)32(45)46/h2-6,8,10,12-13,19,21,26,28-30,34-35,37-38,40-42H,7,9,11,14H2,1H3,(H,43,44)(H,45,46)(H,47,48)/t19-,21+,26-,28-,29+,30-,34+/m1/s1. The third-order valence-corrected chi connectivity index (χ3v) is 8.79. The summed E-state index contributed by atoms with van der Waals surface area (Å²) in [5.41, 5.74) is 1.19. The number of aliphatic hydroxyl groups excluding tert-OH is 3. The molecule has 278 valence electrons. The minimum atomic E-state index is -1.86. The summed E-state index contributed by atoms with van der Waals surface area (Å²) < 4.78 is 21.5. The number of allylic oxidation sites excluding steroid dienone is 1. The van der Waals surface area contributed by atoms with Gasteiger partial charge in [0.15, 0.2) is 29.0 Å². The van der Waals surface area contributed by atoms with E-state index in [0.717, 1.165) is 6.08 Å². The van der Waals surface area contributed by atoms with Crippen molar-refractivity contribution in [1.82, 2.24) is 5.32 Å². The molecule has 3 aliphatic heterocycles. The molecule has 1 fully saturated rings. The molecule has 9 N–H and O–H groups in total. The number of hydrogen-bond acceptors (Lipinski definition) is 15. The van der Waals surface area contributed by atoms with Gasteiger partial charge in [-0.05, 0) is 54.0 Å². The number of esters is 1. The summed E-state index contributed by atoms with van der Waals surface area (Å²) in [7, 11) is 1.36. The molecule has 0 radical (unpaired) electrons. The van der Waals surface area contributed by atoms with Crippen molar-refractivity contribution in [2.75, 3.05) is 20.3 Å². The maximum absolute atomic E-state index is 12.4. The minimum absolute atomic E-state index is 0.0217. The number of ether oxygens (including phenoxy) is 4. The van der Waals surface area contributed by atoms with Gasteiger partial charge in [0.1, 0.15) is 49.0 Å². The van der Waals surface area contributed by atoms with Crippen LogP contribution in [-0.4, -0.2) is 123 Å². The molecule has 1 unspecified atom stereocenters. The molecule has 18 nitrogen and oxygen atoms in total. The summed E-state index contributed by atoms with van der Waals surface area (Å²) in [4.78, 5) is 48.0. The van der Waals surface area contributed by atoms with Crippen LogP contribution in [0.1, 0.15) is 17.5 Å². The predicted molar refractivity (Wildman–Crippen MR) is 171 cm³/mol. The van der Waals surface area contributed by atoms with E-state index < -0.39 is 79.0 Å². The average Bonchev–Trinajstić information content (AvgIpc) is 3.47. The van der Waals surface area contributed by atoms with Gasteiger partial charge < -0.3 is 69.9 Å². The Balaban J connectivity index is 1.31. The number of rotatable bonds is 12. The normalized spacial score (nSPS) is 27.7. The highest BCUT2D eigenvalue weighted by Crippen LogP contribution is 2.36. The van der Waals surface area contributed by atoms with Crippen LogP contribution in [-0.2, 0) is 35.1 Å². The Labute approximate surface area is 294 Å². The van der Waals surface area contributed by atoms with Gasteiger partial charge in [-0.15, -0.1) is 0 Å². The van der Waals surface area contributed by atoms with Crippen molar-refractivity contribution >= 4 is 35.6 Å². The largest absolute Gasteiger partial charge is 0.548 e. The van der Waals surface area contributed by atoms with Gasteiger partial charge in [-0.3, -0.25) is 4.90 Å². The lowest BCUT2D eigenvalue weighted by molar-refractivity contribution is -0.838. The third-order valence-electron chi connectivity index (χ3n) is 8.79. The fraction of sp³-hybridized carbons (Fsp3) is 0.353. The van der Waals surface area contributed by atoms with E-state index in [4.69, 9.17) is 18.9 Å². The number of carbonyl (C=O) groups is 4. The molecule has 0 aromatic heterocycles. The average molecular weight is 729 g/mol. The number of carboxylic acids is 3. The summed E-state index contributed by atoms with van der Waals surface area (Å²) in [6.07, 6.45) is -3.54. The zero-order chi connectivity index (χ0) is 37.9. The van der Waals surface area contributed by atoms with Gasteiger partial charge in [-0.2, -0.15) is 0 Å². The number of aromatic hydroxyl groups is 2. The van der Waals surface area contributed by atoms with Crippen molar-refractivity contribution in [1.29, 1.82) is 0 Å². The number of benzene rings is 2. The van der Waals surface area contributed by atoms with Gasteiger partial charge in [0.2, 0.25) is 6.29 Å². The monoisotopic (exact) mass is 728 g/mol. The number of quaternary nitrogens is 1. The number of aliphatic hydroxyl groups is 3. The zero-order valence-electron chi connectivity index (χ0n) is 27.4. The lowest BCUT2D eigenvalue weighted by Gasteiger charge is -2.39. The fourth-order valence-electron chi connectivity index (χ4n) is 6.05. The number of aliphatic carboxylic acids is 3. The van der Waals surface area contributed by atoms with Crippen molar-refractivity contribution in [3.05, 3.63) is 71.0 Å². The van der Waals surface area contributed by atoms with Gasteiger partial charge in [0.05, 0.1) is 19.1 Å². The van der Waals surface area contributed by atoms with E-state index in [0.29, 0.717) is 27.3 Å². The van der Waals surface area contributed by atoms with Gasteiger partial charge in [0, 0.05) is 24.1 Å². The van der Waals surface area contributed by atoms with Crippen LogP contribution in [0.2, 0.25) is 0 Å². The number of carboxylic acid groups (broad SMARTS) is 3. The first-order valence-electron chi connectivity index (χ1n) is 15.8. The number of phenolic OH excluding ortho intramolecular Hbond substituents is 2. The van der Waals surface area contributed by atoms with Crippen molar-refractivity contribution < 1.29 is 83.9 Å². The van der Waals surface area contributed by atoms with Crippen molar-refractivity contribution in [2.45, 2.75) is 55.6 Å². The molecule has 18 heteroatoms. The summed E-state index contributed by atoms with van der Waals surface area (Å²) in [6.45, 7) is -0.648. The molecule has 0 spiro atoms. The minimum Gasteiger partial charge on any atom is -0.548 e. The Bertz CT molecular complexity index is 1820. The van der Waals surface area contributed by atoms with Crippen LogP contribution in [0.5, 0.6) is 23.0 Å². The van der Waals surface area contributed by atoms with Crippen LogP contribution in [0.4, 0.5) is 5.69 Å². The molecule has 52 heavy (non-hydrogen) atoms. The quantitative estimate of drug-likeness (QED) is 0.0601. The molecule has 1 saturated heterocycles. The number of carbonyl (C=O) groups excluding carboxylic acids is 2. The Morgan fingerprint density at radius 3 is 2.42 bits per heavy atom. The van der Waals surface area contributed by atoms with E-state index in [1.807, 2.05) is 0 Å². The number of phenols is 2. The summed E-state index contributed by atoms with van der Waals surface area (Å²) >= 11 is 0. The molecule has 8 atom stereocenters. The molecule has 2 aromatic rings. The van der Waals surface area contributed by atoms with E-state index in [1.165, 1.54) is 55.7 Å². The molecule has 0 saturated carbocycles. The number of hydrogen-bond donors (Lipinski definition) is 9. The van der Waals surface area contributed by atoms with E-state index >= 15 is 0 Å². The zero-order valence-corrected chi connectivity index (χ0v) is 27.4. The Morgan fingerprint density at radius 1 is 1.00 bits per heavy atom. The van der Waals surface area contributed by atoms with E-state index in [1.54, 1.807) is 0 Å². The highest BCUT2D eigenvalue weighted by atomic mass is 16.7. The first-order valence-corrected chi connectivity index (χ1v) is 15.8. The van der Waals surface area contributed by atoms with Crippen LogP contribution in [0.25, 0.3) is 6.08 Å². The van der Waals surface area contributed by atoms with Crippen LogP contribution in [0, 0.1) is 0 Å². The topological polar surface area (TPSA) is 286 Å². The van der Waals surface area contributed by atoms with Crippen LogP contribution in [0.15, 0.2) is 59.8 Å². The molecule has 5 rings (SSSR count). The van der Waals surface area contributed by atoms with E-state index in [2.05, 4.69) is 5.32 Å². The molecule has 0 amide bonds. The second kappa shape index (κ2) is 15.7. The lowest BCUT2D eigenvalue weighted by Crippen LogP contribution is -3.11. The molecular formula is C34H36N2O16. The first-order chi connectivity index (χ1) is 24.7. The maximum Gasteiger partial charge on any atom is 0.363 e. The van der Waals surface area contributed by atoms with E-state index in [-0.39, 0.29) is 42.3 Å². The van der Waals surface area contributed by atoms with Crippen molar-refractivity contribution in [3.8, 4) is 23.0 Å². The highest BCUT2D eigenvalue weighted by molar-refractivity contribution is 5.89.